The van der Waals surface area contributed by atoms with Crippen LogP contribution < -0.4 is 5.32 Å². The third kappa shape index (κ3) is 4.30. The third-order valence-corrected chi connectivity index (χ3v) is 3.75. The lowest BCUT2D eigenvalue weighted by molar-refractivity contribution is -0.123. The molecule has 1 aromatic rings. The van der Waals surface area contributed by atoms with Crippen molar-refractivity contribution in [2.24, 2.45) is 11.8 Å². The molecule has 1 aliphatic heterocycles. The van der Waals surface area contributed by atoms with Crippen LogP contribution in [0.25, 0.3) is 0 Å². The quantitative estimate of drug-likeness (QED) is 0.917. The van der Waals surface area contributed by atoms with E-state index in [2.05, 4.69) is 24.1 Å². The minimum atomic E-state index is -0.270. The van der Waals surface area contributed by atoms with Gasteiger partial charge in [-0.2, -0.15) is 0 Å². The fraction of sp³-hybridized carbons (Fsp3) is 0.562. The summed E-state index contributed by atoms with van der Waals surface area (Å²) >= 11 is 0. The van der Waals surface area contributed by atoms with E-state index in [9.17, 15) is 9.18 Å². The number of hydrogen-bond acceptors (Lipinski definition) is 2. The van der Waals surface area contributed by atoms with Crippen molar-refractivity contribution in [1.82, 2.24) is 10.2 Å². The number of benzene rings is 1. The molecule has 4 heteroatoms. The predicted octanol–water partition coefficient (Wildman–Crippen LogP) is 2.42. The molecular weight excluding hydrogens is 255 g/mol. The lowest BCUT2D eigenvalue weighted by Gasteiger charge is -2.34. The molecule has 1 N–H and O–H groups in total. The molecule has 0 unspecified atom stereocenters. The molecule has 0 bridgehead atoms. The van der Waals surface area contributed by atoms with E-state index in [0.717, 1.165) is 13.1 Å². The zero-order chi connectivity index (χ0) is 14.5. The molecule has 1 aliphatic rings. The molecule has 110 valence electrons. The number of amides is 1. The van der Waals surface area contributed by atoms with E-state index >= 15 is 0 Å². The molecular formula is C16H23FN2O. The molecule has 0 radical (unpaired) electrons. The van der Waals surface area contributed by atoms with Gasteiger partial charge in [-0.1, -0.05) is 32.0 Å². The molecule has 0 aliphatic carbocycles. The highest BCUT2D eigenvalue weighted by Gasteiger charge is 2.23. The SMILES string of the molecule is C[C@@H]1C[C@H](C)CN(CC(=O)NCc2ccccc2F)C1. The lowest BCUT2D eigenvalue weighted by Crippen LogP contribution is -2.44. The highest BCUT2D eigenvalue weighted by Crippen LogP contribution is 2.20. The van der Waals surface area contributed by atoms with Crippen molar-refractivity contribution in [1.29, 1.82) is 0 Å². The second-order valence-corrected chi connectivity index (χ2v) is 6.01. The second kappa shape index (κ2) is 6.84. The van der Waals surface area contributed by atoms with E-state index in [0.29, 0.717) is 23.9 Å². The van der Waals surface area contributed by atoms with Crippen LogP contribution in [0.1, 0.15) is 25.8 Å². The fourth-order valence-electron chi connectivity index (χ4n) is 3.02. The van der Waals surface area contributed by atoms with Gasteiger partial charge in [-0.3, -0.25) is 9.69 Å². The Bertz CT molecular complexity index is 454. The van der Waals surface area contributed by atoms with Crippen LogP contribution in [0.5, 0.6) is 0 Å². The van der Waals surface area contributed by atoms with Gasteiger partial charge in [-0.15, -0.1) is 0 Å². The summed E-state index contributed by atoms with van der Waals surface area (Å²) in [6.07, 6.45) is 1.23. The molecule has 20 heavy (non-hydrogen) atoms. The van der Waals surface area contributed by atoms with Crippen LogP contribution in [0.4, 0.5) is 4.39 Å². The van der Waals surface area contributed by atoms with Gasteiger partial charge in [0.25, 0.3) is 0 Å². The first-order valence-electron chi connectivity index (χ1n) is 7.27. The Balaban J connectivity index is 1.79. The van der Waals surface area contributed by atoms with Crippen LogP contribution in [0.15, 0.2) is 24.3 Å². The number of carbonyl (C=O) groups is 1. The molecule has 2 rings (SSSR count). The summed E-state index contributed by atoms with van der Waals surface area (Å²) in [5.74, 6) is 0.971. The number of hydrogen-bond donors (Lipinski definition) is 1. The van der Waals surface area contributed by atoms with E-state index in [1.807, 2.05) is 0 Å². The number of halogens is 1. The Morgan fingerprint density at radius 1 is 1.30 bits per heavy atom. The van der Waals surface area contributed by atoms with Crippen LogP contribution in [0.2, 0.25) is 0 Å². The Morgan fingerprint density at radius 3 is 2.60 bits per heavy atom. The van der Waals surface area contributed by atoms with E-state index in [1.54, 1.807) is 18.2 Å². The molecule has 1 amide bonds. The predicted molar refractivity (Wildman–Crippen MR) is 77.6 cm³/mol. The van der Waals surface area contributed by atoms with Gasteiger partial charge in [0.05, 0.1) is 6.54 Å². The standard InChI is InChI=1S/C16H23FN2O/c1-12-7-13(2)10-19(9-12)11-16(20)18-8-14-5-3-4-6-15(14)17/h3-6,12-13H,7-11H2,1-2H3,(H,18,20)/t12-,13+. The maximum absolute atomic E-state index is 13.4. The number of likely N-dealkylation sites (tertiary alicyclic amines) is 1. The van der Waals surface area contributed by atoms with Gasteiger partial charge in [0.2, 0.25) is 5.91 Å². The lowest BCUT2D eigenvalue weighted by atomic mass is 9.92. The monoisotopic (exact) mass is 278 g/mol. The van der Waals surface area contributed by atoms with Crippen molar-refractivity contribution in [2.75, 3.05) is 19.6 Å². The molecule has 0 saturated carbocycles. The fourth-order valence-corrected chi connectivity index (χ4v) is 3.02. The van der Waals surface area contributed by atoms with Crippen molar-refractivity contribution in [3.05, 3.63) is 35.6 Å². The van der Waals surface area contributed by atoms with E-state index in [1.165, 1.54) is 12.5 Å². The summed E-state index contributed by atoms with van der Waals surface area (Å²) in [5, 5.41) is 2.80. The second-order valence-electron chi connectivity index (χ2n) is 6.01. The van der Waals surface area contributed by atoms with E-state index < -0.39 is 0 Å². The first-order valence-corrected chi connectivity index (χ1v) is 7.27. The van der Waals surface area contributed by atoms with Crippen molar-refractivity contribution >= 4 is 5.91 Å². The normalized spacial score (nSPS) is 23.6. The van der Waals surface area contributed by atoms with Crippen LogP contribution in [0, 0.1) is 17.7 Å². The third-order valence-electron chi connectivity index (χ3n) is 3.75. The Kier molecular flexibility index (Phi) is 5.12. The number of piperidine rings is 1. The minimum absolute atomic E-state index is 0.0328. The number of rotatable bonds is 4. The summed E-state index contributed by atoms with van der Waals surface area (Å²) in [5.41, 5.74) is 0.529. The summed E-state index contributed by atoms with van der Waals surface area (Å²) in [4.78, 5) is 14.1. The summed E-state index contributed by atoms with van der Waals surface area (Å²) in [7, 11) is 0. The summed E-state index contributed by atoms with van der Waals surface area (Å²) < 4.78 is 13.4. The molecule has 2 atom stereocenters. The van der Waals surface area contributed by atoms with Gasteiger partial charge >= 0.3 is 0 Å². The van der Waals surface area contributed by atoms with Gasteiger partial charge in [0.15, 0.2) is 0 Å². The molecule has 0 aromatic heterocycles. The van der Waals surface area contributed by atoms with E-state index in [4.69, 9.17) is 0 Å². The van der Waals surface area contributed by atoms with Crippen LogP contribution >= 0.6 is 0 Å². The summed E-state index contributed by atoms with van der Waals surface area (Å²) in [6.45, 7) is 7.04. The highest BCUT2D eigenvalue weighted by molar-refractivity contribution is 5.78. The smallest absolute Gasteiger partial charge is 0.234 e. The zero-order valence-electron chi connectivity index (χ0n) is 12.2. The maximum Gasteiger partial charge on any atom is 0.234 e. The van der Waals surface area contributed by atoms with Crippen LogP contribution in [-0.2, 0) is 11.3 Å². The Hall–Kier alpha value is -1.42. The molecule has 1 saturated heterocycles. The number of nitrogens with zero attached hydrogens (tertiary/aromatic N) is 1. The van der Waals surface area contributed by atoms with Gasteiger partial charge < -0.3 is 5.32 Å². The van der Waals surface area contributed by atoms with Gasteiger partial charge in [0, 0.05) is 25.2 Å². The minimum Gasteiger partial charge on any atom is -0.351 e. The highest BCUT2D eigenvalue weighted by atomic mass is 19.1. The first kappa shape index (κ1) is 15.0. The topological polar surface area (TPSA) is 32.3 Å². The van der Waals surface area contributed by atoms with Gasteiger partial charge in [-0.25, -0.2) is 4.39 Å². The Labute approximate surface area is 120 Å². The molecule has 3 nitrogen and oxygen atoms in total. The maximum atomic E-state index is 13.4. The first-order chi connectivity index (χ1) is 9.54. The Morgan fingerprint density at radius 2 is 1.95 bits per heavy atom. The van der Waals surface area contributed by atoms with Gasteiger partial charge in [-0.05, 0) is 24.3 Å². The molecule has 1 aromatic carbocycles. The van der Waals surface area contributed by atoms with Gasteiger partial charge in [0.1, 0.15) is 5.82 Å². The largest absolute Gasteiger partial charge is 0.351 e. The van der Waals surface area contributed by atoms with Crippen molar-refractivity contribution in [2.45, 2.75) is 26.8 Å². The molecule has 1 heterocycles. The van der Waals surface area contributed by atoms with E-state index in [-0.39, 0.29) is 18.3 Å². The average molecular weight is 278 g/mol. The van der Waals surface area contributed by atoms with Crippen LogP contribution in [-0.4, -0.2) is 30.4 Å². The van der Waals surface area contributed by atoms with Crippen molar-refractivity contribution in [3.63, 3.8) is 0 Å². The molecule has 0 spiro atoms. The summed E-state index contributed by atoms with van der Waals surface area (Å²) in [6, 6.07) is 6.53. The molecule has 1 fully saturated rings. The van der Waals surface area contributed by atoms with Crippen molar-refractivity contribution < 1.29 is 9.18 Å². The number of nitrogens with one attached hydrogen (secondary N) is 1. The van der Waals surface area contributed by atoms with Crippen molar-refractivity contribution in [3.8, 4) is 0 Å². The zero-order valence-corrected chi connectivity index (χ0v) is 12.2. The van der Waals surface area contributed by atoms with Crippen LogP contribution in [0.3, 0.4) is 0 Å². The number of carbonyl (C=O) groups excluding carboxylic acids is 1. The average Bonchev–Trinajstić information content (AvgIpc) is 2.36.